The summed E-state index contributed by atoms with van der Waals surface area (Å²) in [5.74, 6) is 0.259. The number of rotatable bonds is 4. The van der Waals surface area contributed by atoms with E-state index in [2.05, 4.69) is 10.3 Å². The fourth-order valence-corrected chi connectivity index (χ4v) is 2.57. The van der Waals surface area contributed by atoms with Crippen LogP contribution >= 0.6 is 0 Å². The molecule has 2 heterocycles. The number of hydrogen-bond acceptors (Lipinski definition) is 4. The number of ether oxygens (including phenoxy) is 1. The summed E-state index contributed by atoms with van der Waals surface area (Å²) in [5.41, 5.74) is 0.445. The van der Waals surface area contributed by atoms with E-state index in [9.17, 15) is 4.39 Å². The van der Waals surface area contributed by atoms with Gasteiger partial charge in [0, 0.05) is 37.4 Å². The number of anilines is 1. The number of aromatic nitrogens is 1. The lowest BCUT2D eigenvalue weighted by Gasteiger charge is -2.39. The molecule has 3 rings (SSSR count). The molecule has 0 unspecified atom stereocenters. The molecule has 110 valence electrons. The molecule has 1 aliphatic carbocycles. The third-order valence-electron chi connectivity index (χ3n) is 3.83. The number of halogens is 1. The Hall–Kier alpha value is -1.20. The molecule has 0 aromatic carbocycles. The highest BCUT2D eigenvalue weighted by atomic mass is 19.1. The van der Waals surface area contributed by atoms with E-state index in [0.717, 1.165) is 0 Å². The standard InChI is InChI=1S/C15H22FN3O/c1-15(2)10-19(7-8-20-15)14-13(16)11(5-6-17-14)9-18-12-3-4-12/h5-6,12,18H,3-4,7-10H2,1-2H3. The zero-order valence-electron chi connectivity index (χ0n) is 12.2. The largest absolute Gasteiger partial charge is 0.372 e. The van der Waals surface area contributed by atoms with E-state index in [0.29, 0.717) is 43.7 Å². The van der Waals surface area contributed by atoms with Crippen LogP contribution in [0.2, 0.25) is 0 Å². The molecule has 0 spiro atoms. The zero-order chi connectivity index (χ0) is 14.2. The predicted octanol–water partition coefficient (Wildman–Crippen LogP) is 2.09. The van der Waals surface area contributed by atoms with Crippen LogP contribution in [0.25, 0.3) is 0 Å². The van der Waals surface area contributed by atoms with Gasteiger partial charge < -0.3 is 15.0 Å². The van der Waals surface area contributed by atoms with Crippen LogP contribution < -0.4 is 10.2 Å². The Morgan fingerprint density at radius 3 is 3.00 bits per heavy atom. The van der Waals surface area contributed by atoms with E-state index in [1.165, 1.54) is 12.8 Å². The number of nitrogens with one attached hydrogen (secondary N) is 1. The molecule has 1 saturated carbocycles. The van der Waals surface area contributed by atoms with Gasteiger partial charge in [0.15, 0.2) is 11.6 Å². The van der Waals surface area contributed by atoms with Gasteiger partial charge in [-0.2, -0.15) is 0 Å². The van der Waals surface area contributed by atoms with Gasteiger partial charge in [-0.3, -0.25) is 0 Å². The predicted molar refractivity (Wildman–Crippen MR) is 76.3 cm³/mol. The number of pyridine rings is 1. The van der Waals surface area contributed by atoms with Crippen LogP contribution in [0.3, 0.4) is 0 Å². The van der Waals surface area contributed by atoms with Crippen LogP contribution in [-0.2, 0) is 11.3 Å². The maximum absolute atomic E-state index is 14.6. The smallest absolute Gasteiger partial charge is 0.170 e. The average Bonchev–Trinajstić information content (AvgIpc) is 3.20. The number of morpholine rings is 1. The summed E-state index contributed by atoms with van der Waals surface area (Å²) in [4.78, 5) is 6.22. The van der Waals surface area contributed by atoms with Gasteiger partial charge in [0.05, 0.1) is 12.2 Å². The number of nitrogens with zero attached hydrogens (tertiary/aromatic N) is 2. The molecule has 20 heavy (non-hydrogen) atoms. The first kappa shape index (κ1) is 13.8. The molecule has 0 amide bonds. The highest BCUT2D eigenvalue weighted by Gasteiger charge is 2.30. The molecule has 1 aliphatic heterocycles. The summed E-state index contributed by atoms with van der Waals surface area (Å²) in [5, 5.41) is 3.35. The van der Waals surface area contributed by atoms with Crippen LogP contribution in [0.15, 0.2) is 12.3 Å². The third kappa shape index (κ3) is 3.10. The van der Waals surface area contributed by atoms with Crippen molar-refractivity contribution in [1.29, 1.82) is 0 Å². The zero-order valence-corrected chi connectivity index (χ0v) is 12.2. The normalized spacial score (nSPS) is 22.1. The van der Waals surface area contributed by atoms with Gasteiger partial charge in [0.25, 0.3) is 0 Å². The summed E-state index contributed by atoms with van der Waals surface area (Å²) in [7, 11) is 0. The van der Waals surface area contributed by atoms with Crippen molar-refractivity contribution in [2.45, 2.75) is 44.9 Å². The van der Waals surface area contributed by atoms with Crippen LogP contribution in [-0.4, -0.2) is 36.3 Å². The molecule has 4 nitrogen and oxygen atoms in total. The minimum absolute atomic E-state index is 0.196. The second-order valence-corrected chi connectivity index (χ2v) is 6.29. The van der Waals surface area contributed by atoms with Crippen LogP contribution in [0, 0.1) is 5.82 Å². The van der Waals surface area contributed by atoms with Crippen molar-refractivity contribution in [1.82, 2.24) is 10.3 Å². The monoisotopic (exact) mass is 279 g/mol. The van der Waals surface area contributed by atoms with E-state index < -0.39 is 0 Å². The maximum Gasteiger partial charge on any atom is 0.170 e. The van der Waals surface area contributed by atoms with Gasteiger partial charge in [0.2, 0.25) is 0 Å². The molecule has 2 aliphatic rings. The van der Waals surface area contributed by atoms with Crippen molar-refractivity contribution in [3.05, 3.63) is 23.6 Å². The van der Waals surface area contributed by atoms with Gasteiger partial charge in [0.1, 0.15) is 0 Å². The summed E-state index contributed by atoms with van der Waals surface area (Å²) in [6.45, 7) is 6.59. The summed E-state index contributed by atoms with van der Waals surface area (Å²) < 4.78 is 20.3. The Morgan fingerprint density at radius 1 is 1.50 bits per heavy atom. The molecule has 2 fully saturated rings. The lowest BCUT2D eigenvalue weighted by atomic mass is 10.1. The van der Waals surface area contributed by atoms with Crippen LogP contribution in [0.5, 0.6) is 0 Å². The minimum atomic E-state index is -0.255. The van der Waals surface area contributed by atoms with Crippen molar-refractivity contribution < 1.29 is 9.13 Å². The Kier molecular flexibility index (Phi) is 3.65. The Bertz CT molecular complexity index is 488. The van der Waals surface area contributed by atoms with E-state index in [1.807, 2.05) is 18.7 Å². The van der Waals surface area contributed by atoms with Crippen LogP contribution in [0.4, 0.5) is 10.2 Å². The van der Waals surface area contributed by atoms with Crippen LogP contribution in [0.1, 0.15) is 32.3 Å². The van der Waals surface area contributed by atoms with E-state index in [-0.39, 0.29) is 11.4 Å². The molecular weight excluding hydrogens is 257 g/mol. The van der Waals surface area contributed by atoms with Gasteiger partial charge in [-0.1, -0.05) is 0 Å². The molecule has 1 aromatic heterocycles. The van der Waals surface area contributed by atoms with E-state index >= 15 is 0 Å². The summed E-state index contributed by atoms with van der Waals surface area (Å²) >= 11 is 0. The molecule has 0 atom stereocenters. The SMILES string of the molecule is CC1(C)CN(c2nccc(CNC3CC3)c2F)CCO1. The second-order valence-electron chi connectivity index (χ2n) is 6.29. The highest BCUT2D eigenvalue weighted by molar-refractivity contribution is 5.44. The Balaban J connectivity index is 1.76. The first-order valence-corrected chi connectivity index (χ1v) is 7.31. The average molecular weight is 279 g/mol. The van der Waals surface area contributed by atoms with Crippen molar-refractivity contribution in [2.24, 2.45) is 0 Å². The van der Waals surface area contributed by atoms with Crippen molar-refractivity contribution >= 4 is 5.82 Å². The Labute approximate surface area is 119 Å². The van der Waals surface area contributed by atoms with Crippen molar-refractivity contribution in [2.75, 3.05) is 24.6 Å². The van der Waals surface area contributed by atoms with E-state index in [1.54, 1.807) is 12.3 Å². The highest BCUT2D eigenvalue weighted by Crippen LogP contribution is 2.26. The lowest BCUT2D eigenvalue weighted by Crippen LogP contribution is -2.49. The fourth-order valence-electron chi connectivity index (χ4n) is 2.57. The van der Waals surface area contributed by atoms with Gasteiger partial charge in [-0.15, -0.1) is 0 Å². The maximum atomic E-state index is 14.6. The molecule has 0 bridgehead atoms. The first-order chi connectivity index (χ1) is 9.55. The molecule has 0 radical (unpaired) electrons. The van der Waals surface area contributed by atoms with Gasteiger partial charge in [-0.05, 0) is 32.8 Å². The van der Waals surface area contributed by atoms with Gasteiger partial charge >= 0.3 is 0 Å². The molecule has 1 saturated heterocycles. The lowest BCUT2D eigenvalue weighted by molar-refractivity contribution is -0.0280. The molecular formula is C15H22FN3O. The second kappa shape index (κ2) is 5.30. The van der Waals surface area contributed by atoms with E-state index in [4.69, 9.17) is 4.74 Å². The first-order valence-electron chi connectivity index (χ1n) is 7.31. The minimum Gasteiger partial charge on any atom is -0.372 e. The third-order valence-corrected chi connectivity index (χ3v) is 3.83. The summed E-state index contributed by atoms with van der Waals surface area (Å²) in [6, 6.07) is 2.34. The molecule has 1 N–H and O–H groups in total. The topological polar surface area (TPSA) is 37.4 Å². The number of hydrogen-bond donors (Lipinski definition) is 1. The molecule has 5 heteroatoms. The van der Waals surface area contributed by atoms with Gasteiger partial charge in [-0.25, -0.2) is 9.37 Å². The van der Waals surface area contributed by atoms with Crippen molar-refractivity contribution in [3.63, 3.8) is 0 Å². The summed E-state index contributed by atoms with van der Waals surface area (Å²) in [6.07, 6.45) is 4.11. The van der Waals surface area contributed by atoms with Crippen molar-refractivity contribution in [3.8, 4) is 0 Å². The quantitative estimate of drug-likeness (QED) is 0.916. The Morgan fingerprint density at radius 2 is 2.30 bits per heavy atom. The molecule has 1 aromatic rings. The fraction of sp³-hybridized carbons (Fsp3) is 0.667.